The van der Waals surface area contributed by atoms with Crippen LogP contribution < -0.4 is 20.3 Å². The number of methoxy groups -OCH3 is 1. The highest BCUT2D eigenvalue weighted by Crippen LogP contribution is 2.34. The van der Waals surface area contributed by atoms with Gasteiger partial charge in [-0.1, -0.05) is 18.2 Å². The van der Waals surface area contributed by atoms with Gasteiger partial charge in [0.25, 0.3) is 5.91 Å². The molecule has 154 valence electrons. The number of rotatable bonds is 5. The third kappa shape index (κ3) is 3.47. The van der Waals surface area contributed by atoms with E-state index in [9.17, 15) is 14.4 Å². The quantitative estimate of drug-likeness (QED) is 0.561. The number of aromatic nitrogens is 1. The number of hydrogen-bond acceptors (Lipinski definition) is 4. The molecule has 2 aromatic carbocycles. The van der Waals surface area contributed by atoms with Crippen LogP contribution in [-0.2, 0) is 20.8 Å². The van der Waals surface area contributed by atoms with Crippen LogP contribution in [0.3, 0.4) is 0 Å². The molecule has 30 heavy (non-hydrogen) atoms. The molecule has 0 saturated carbocycles. The summed E-state index contributed by atoms with van der Waals surface area (Å²) in [6.07, 6.45) is 2.42. The lowest BCUT2D eigenvalue weighted by atomic mass is 10.1. The summed E-state index contributed by atoms with van der Waals surface area (Å²) < 4.78 is 5.26. The van der Waals surface area contributed by atoms with E-state index in [0.717, 1.165) is 27.9 Å². The molecule has 8 heteroatoms. The van der Waals surface area contributed by atoms with Gasteiger partial charge in [-0.15, -0.1) is 0 Å². The number of anilines is 1. The predicted molar refractivity (Wildman–Crippen MR) is 112 cm³/mol. The third-order valence-electron chi connectivity index (χ3n) is 5.32. The fourth-order valence-corrected chi connectivity index (χ4v) is 3.70. The van der Waals surface area contributed by atoms with Gasteiger partial charge in [0, 0.05) is 41.9 Å². The molecular weight excluding hydrogens is 384 g/mol. The maximum absolute atomic E-state index is 12.4. The first-order valence-electron chi connectivity index (χ1n) is 9.59. The number of fused-ring (bicyclic) bond motifs is 2. The first-order chi connectivity index (χ1) is 14.5. The van der Waals surface area contributed by atoms with Crippen LogP contribution in [0.1, 0.15) is 17.2 Å². The van der Waals surface area contributed by atoms with Crippen LogP contribution in [0.2, 0.25) is 0 Å². The largest absolute Gasteiger partial charge is 0.497 e. The second-order valence-corrected chi connectivity index (χ2v) is 7.09. The van der Waals surface area contributed by atoms with Gasteiger partial charge in [0.05, 0.1) is 7.11 Å². The highest BCUT2D eigenvalue weighted by Gasteiger charge is 2.36. The van der Waals surface area contributed by atoms with Crippen LogP contribution in [0, 0.1) is 0 Å². The van der Waals surface area contributed by atoms with Crippen molar-refractivity contribution >= 4 is 34.3 Å². The van der Waals surface area contributed by atoms with E-state index in [-0.39, 0.29) is 12.5 Å². The topological polar surface area (TPSA) is 104 Å². The van der Waals surface area contributed by atoms with E-state index in [2.05, 4.69) is 15.6 Å². The number of hydrogen-bond donors (Lipinski definition) is 3. The summed E-state index contributed by atoms with van der Waals surface area (Å²) in [5, 5.41) is 6.16. The molecule has 0 fully saturated rings. The van der Waals surface area contributed by atoms with Crippen molar-refractivity contribution in [3.63, 3.8) is 0 Å². The second-order valence-electron chi connectivity index (χ2n) is 7.09. The Morgan fingerprint density at radius 1 is 1.17 bits per heavy atom. The summed E-state index contributed by atoms with van der Waals surface area (Å²) in [7, 11) is 3.25. The van der Waals surface area contributed by atoms with E-state index in [1.807, 2.05) is 30.5 Å². The maximum atomic E-state index is 12.4. The number of H-pyrrole nitrogens is 1. The molecule has 3 amide bonds. The average Bonchev–Trinajstić information content (AvgIpc) is 3.27. The van der Waals surface area contributed by atoms with Crippen molar-refractivity contribution in [2.45, 2.75) is 12.5 Å². The molecule has 0 bridgehead atoms. The van der Waals surface area contributed by atoms with Gasteiger partial charge in [-0.3, -0.25) is 14.4 Å². The minimum atomic E-state index is -0.856. The molecule has 1 aliphatic heterocycles. The summed E-state index contributed by atoms with van der Waals surface area (Å²) in [5.41, 5.74) is 3.38. The van der Waals surface area contributed by atoms with Crippen molar-refractivity contribution in [2.75, 3.05) is 25.6 Å². The first-order valence-corrected chi connectivity index (χ1v) is 9.59. The van der Waals surface area contributed by atoms with E-state index < -0.39 is 17.9 Å². The van der Waals surface area contributed by atoms with Gasteiger partial charge in [-0.25, -0.2) is 0 Å². The molecule has 2 heterocycles. The molecule has 3 N–H and O–H groups in total. The highest BCUT2D eigenvalue weighted by atomic mass is 16.5. The number of nitrogens with one attached hydrogen (secondary N) is 3. The standard InChI is InChI=1S/C22H22N4O4/c1-26-18-6-4-3-5-15(18)19(22(26)29)25-21(28)20(27)23-10-9-13-12-24-17-8-7-14(30-2)11-16(13)17/h3-8,11-12,19,24H,9-10H2,1-2H3,(H,23,27)(H,25,28). The van der Waals surface area contributed by atoms with Crippen molar-refractivity contribution in [1.82, 2.24) is 15.6 Å². The zero-order chi connectivity index (χ0) is 21.3. The van der Waals surface area contributed by atoms with Crippen molar-refractivity contribution < 1.29 is 19.1 Å². The Bertz CT molecular complexity index is 1140. The first kappa shape index (κ1) is 19.5. The van der Waals surface area contributed by atoms with Crippen molar-refractivity contribution in [3.05, 3.63) is 59.8 Å². The fraction of sp³-hybridized carbons (Fsp3) is 0.227. The monoisotopic (exact) mass is 406 g/mol. The second kappa shape index (κ2) is 7.90. The van der Waals surface area contributed by atoms with Gasteiger partial charge < -0.3 is 25.3 Å². The molecule has 1 aliphatic rings. The molecule has 1 atom stereocenters. The zero-order valence-electron chi connectivity index (χ0n) is 16.7. The number of ether oxygens (including phenoxy) is 1. The number of likely N-dealkylation sites (N-methyl/N-ethyl adjacent to an activating group) is 1. The molecule has 8 nitrogen and oxygen atoms in total. The number of nitrogens with zero attached hydrogens (tertiary/aromatic N) is 1. The zero-order valence-corrected chi connectivity index (χ0v) is 16.7. The van der Waals surface area contributed by atoms with Gasteiger partial charge in [0.15, 0.2) is 0 Å². The van der Waals surface area contributed by atoms with Crippen molar-refractivity contribution in [1.29, 1.82) is 0 Å². The van der Waals surface area contributed by atoms with E-state index in [0.29, 0.717) is 12.0 Å². The molecule has 3 aromatic rings. The predicted octanol–water partition coefficient (Wildman–Crippen LogP) is 1.67. The molecule has 0 radical (unpaired) electrons. The van der Waals surface area contributed by atoms with E-state index >= 15 is 0 Å². The van der Waals surface area contributed by atoms with E-state index in [1.165, 1.54) is 4.90 Å². The minimum absolute atomic E-state index is 0.273. The molecular formula is C22H22N4O4. The van der Waals surface area contributed by atoms with Crippen LogP contribution in [0.5, 0.6) is 5.75 Å². The smallest absolute Gasteiger partial charge is 0.310 e. The number of amides is 3. The van der Waals surface area contributed by atoms with Gasteiger partial charge in [-0.05, 0) is 36.2 Å². The summed E-state index contributed by atoms with van der Waals surface area (Å²) >= 11 is 0. The van der Waals surface area contributed by atoms with Crippen LogP contribution in [0.15, 0.2) is 48.7 Å². The van der Waals surface area contributed by atoms with Crippen LogP contribution in [0.4, 0.5) is 5.69 Å². The highest BCUT2D eigenvalue weighted by molar-refractivity contribution is 6.35. The van der Waals surface area contributed by atoms with Gasteiger partial charge in [-0.2, -0.15) is 0 Å². The van der Waals surface area contributed by atoms with Gasteiger partial charge >= 0.3 is 11.8 Å². The van der Waals surface area contributed by atoms with E-state index in [4.69, 9.17) is 4.74 Å². The van der Waals surface area contributed by atoms with Crippen molar-refractivity contribution in [3.8, 4) is 5.75 Å². The Hall–Kier alpha value is -3.81. The fourth-order valence-electron chi connectivity index (χ4n) is 3.70. The number of aromatic amines is 1. The lowest BCUT2D eigenvalue weighted by Gasteiger charge is -2.13. The molecule has 0 spiro atoms. The molecule has 0 saturated heterocycles. The summed E-state index contributed by atoms with van der Waals surface area (Å²) in [6.45, 7) is 0.283. The lowest BCUT2D eigenvalue weighted by Crippen LogP contribution is -2.44. The summed E-state index contributed by atoms with van der Waals surface area (Å²) in [4.78, 5) is 41.7. The Morgan fingerprint density at radius 2 is 1.97 bits per heavy atom. The molecule has 0 aliphatic carbocycles. The third-order valence-corrected chi connectivity index (χ3v) is 5.32. The summed E-state index contributed by atoms with van der Waals surface area (Å²) in [5.74, 6) is -1.13. The lowest BCUT2D eigenvalue weighted by molar-refractivity contribution is -0.140. The Labute approximate surface area is 173 Å². The van der Waals surface area contributed by atoms with Gasteiger partial charge in [0.2, 0.25) is 0 Å². The van der Waals surface area contributed by atoms with Crippen molar-refractivity contribution in [2.24, 2.45) is 0 Å². The maximum Gasteiger partial charge on any atom is 0.310 e. The van der Waals surface area contributed by atoms with E-state index in [1.54, 1.807) is 32.4 Å². The van der Waals surface area contributed by atoms with Crippen LogP contribution in [0.25, 0.3) is 10.9 Å². The molecule has 4 rings (SSSR count). The molecule has 1 aromatic heterocycles. The van der Waals surface area contributed by atoms with Crippen LogP contribution in [-0.4, -0.2) is 43.4 Å². The van der Waals surface area contributed by atoms with Crippen LogP contribution >= 0.6 is 0 Å². The Balaban J connectivity index is 1.36. The number of benzene rings is 2. The molecule has 1 unspecified atom stereocenters. The Kier molecular flexibility index (Phi) is 5.14. The summed E-state index contributed by atoms with van der Waals surface area (Å²) in [6, 6.07) is 12.0. The SMILES string of the molecule is COc1ccc2[nH]cc(CCNC(=O)C(=O)NC3C(=O)N(C)c4ccccc43)c2c1. The number of carbonyl (C=O) groups is 3. The minimum Gasteiger partial charge on any atom is -0.497 e. The average molecular weight is 406 g/mol. The Morgan fingerprint density at radius 3 is 2.77 bits per heavy atom. The normalized spacial score (nSPS) is 15.2. The number of carbonyl (C=O) groups excluding carboxylic acids is 3. The number of para-hydroxylation sites is 1. The van der Waals surface area contributed by atoms with Gasteiger partial charge in [0.1, 0.15) is 11.8 Å².